The summed E-state index contributed by atoms with van der Waals surface area (Å²) < 4.78 is 0. The van der Waals surface area contributed by atoms with E-state index in [1.54, 1.807) is 0 Å². The van der Waals surface area contributed by atoms with E-state index >= 15 is 0 Å². The Morgan fingerprint density at radius 1 is 0.500 bits per heavy atom. The number of hydrogen-bond acceptors (Lipinski definition) is 1. The predicted molar refractivity (Wildman–Crippen MR) is 96.8 cm³/mol. The highest BCUT2D eigenvalue weighted by Crippen LogP contribution is 2.13. The molecule has 0 rings (SSSR count). The van der Waals surface area contributed by atoms with Crippen LogP contribution in [0.5, 0.6) is 0 Å². The lowest BCUT2D eigenvalue weighted by atomic mass is 10.0. The van der Waals surface area contributed by atoms with Gasteiger partial charge >= 0.3 is 0 Å². The molecular formula is C19H37S. The highest BCUT2D eigenvalue weighted by Gasteiger charge is 1.94. The van der Waals surface area contributed by atoms with E-state index in [0.717, 1.165) is 6.42 Å². The molecule has 0 unspecified atom stereocenters. The Morgan fingerprint density at radius 3 is 1.10 bits per heavy atom. The van der Waals surface area contributed by atoms with Crippen molar-refractivity contribution in [2.75, 3.05) is 0 Å². The van der Waals surface area contributed by atoms with Crippen LogP contribution in [0.1, 0.15) is 116 Å². The van der Waals surface area contributed by atoms with E-state index in [1.807, 2.05) is 0 Å². The number of rotatable bonds is 17. The van der Waals surface area contributed by atoms with Crippen molar-refractivity contribution >= 4 is 17.6 Å². The molecule has 0 aliphatic rings. The predicted octanol–water partition coefficient (Wildman–Crippen LogP) is 7.51. The van der Waals surface area contributed by atoms with Crippen LogP contribution < -0.4 is 0 Å². The smallest absolute Gasteiger partial charge is 0.0291 e. The van der Waals surface area contributed by atoms with Gasteiger partial charge in [0, 0.05) is 5.37 Å². The highest BCUT2D eigenvalue weighted by atomic mass is 32.1. The topological polar surface area (TPSA) is 0 Å². The summed E-state index contributed by atoms with van der Waals surface area (Å²) in [4.78, 5) is 0. The molecule has 0 bridgehead atoms. The van der Waals surface area contributed by atoms with Gasteiger partial charge in [-0.25, -0.2) is 0 Å². The van der Waals surface area contributed by atoms with Gasteiger partial charge in [0.25, 0.3) is 0 Å². The van der Waals surface area contributed by atoms with Crippen LogP contribution in [0.25, 0.3) is 0 Å². The van der Waals surface area contributed by atoms with E-state index in [-0.39, 0.29) is 0 Å². The minimum Gasteiger partial charge on any atom is -0.0837 e. The minimum absolute atomic E-state index is 1.01. The Balaban J connectivity index is 2.90. The SMILES string of the molecule is CCCCCCCCCCCCCCCCCC[C]=S. The van der Waals surface area contributed by atoms with Crippen LogP contribution in [0.15, 0.2) is 0 Å². The van der Waals surface area contributed by atoms with Crippen LogP contribution >= 0.6 is 12.2 Å². The maximum Gasteiger partial charge on any atom is 0.0291 e. The molecule has 1 heteroatoms. The number of thiocarbonyl (C=S) groups is 1. The van der Waals surface area contributed by atoms with Crippen LogP contribution in [0.3, 0.4) is 0 Å². The molecule has 0 aliphatic heterocycles. The Kier molecular flexibility index (Phi) is 19.2. The second-order valence-corrected chi connectivity index (χ2v) is 6.49. The molecule has 119 valence electrons. The fourth-order valence-electron chi connectivity index (χ4n) is 2.75. The first kappa shape index (κ1) is 20.1. The maximum absolute atomic E-state index is 4.71. The lowest BCUT2D eigenvalue weighted by Crippen LogP contribution is -1.83. The summed E-state index contributed by atoms with van der Waals surface area (Å²) in [6.07, 6.45) is 23.9. The molecule has 0 N–H and O–H groups in total. The molecule has 0 nitrogen and oxygen atoms in total. The summed E-state index contributed by atoms with van der Waals surface area (Å²) in [5, 5.41) is 2.80. The highest BCUT2D eigenvalue weighted by molar-refractivity contribution is 7.78. The monoisotopic (exact) mass is 297 g/mol. The van der Waals surface area contributed by atoms with E-state index in [9.17, 15) is 0 Å². The third-order valence-electron chi connectivity index (χ3n) is 4.13. The molecule has 20 heavy (non-hydrogen) atoms. The molecule has 0 heterocycles. The summed E-state index contributed by atoms with van der Waals surface area (Å²) >= 11 is 4.71. The first-order valence-corrected chi connectivity index (χ1v) is 9.67. The summed E-state index contributed by atoms with van der Waals surface area (Å²) in [5.41, 5.74) is 0. The van der Waals surface area contributed by atoms with Crippen molar-refractivity contribution in [2.45, 2.75) is 116 Å². The second kappa shape index (κ2) is 19.1. The normalized spacial score (nSPS) is 10.8. The quantitative estimate of drug-likeness (QED) is 0.198. The average molecular weight is 298 g/mol. The second-order valence-electron chi connectivity index (χ2n) is 6.20. The van der Waals surface area contributed by atoms with Crippen molar-refractivity contribution in [1.29, 1.82) is 0 Å². The molecule has 0 amide bonds. The lowest BCUT2D eigenvalue weighted by Gasteiger charge is -2.03. The first-order chi connectivity index (χ1) is 9.91. The van der Waals surface area contributed by atoms with Crippen molar-refractivity contribution in [3.05, 3.63) is 0 Å². The summed E-state index contributed by atoms with van der Waals surface area (Å²) in [6, 6.07) is 0. The maximum atomic E-state index is 4.71. The third-order valence-corrected chi connectivity index (χ3v) is 4.34. The van der Waals surface area contributed by atoms with E-state index in [2.05, 4.69) is 12.3 Å². The van der Waals surface area contributed by atoms with E-state index in [1.165, 1.54) is 103 Å². The van der Waals surface area contributed by atoms with E-state index in [4.69, 9.17) is 12.2 Å². The standard InChI is InChI=1S/C19H37S/c1-2-3-4-5-6-7-8-9-10-11-12-13-14-15-16-17-18-19-20/h2-18H2,1H3. The van der Waals surface area contributed by atoms with Gasteiger partial charge in [0.15, 0.2) is 0 Å². The number of unbranched alkanes of at least 4 members (excludes halogenated alkanes) is 16. The fourth-order valence-corrected chi connectivity index (χ4v) is 2.89. The van der Waals surface area contributed by atoms with Crippen LogP contribution in [0, 0.1) is 0 Å². The molecule has 0 saturated carbocycles. The Hall–Kier alpha value is 0.0900. The zero-order valence-corrected chi connectivity index (χ0v) is 14.7. The van der Waals surface area contributed by atoms with Gasteiger partial charge in [-0.15, -0.1) is 0 Å². The zero-order valence-electron chi connectivity index (χ0n) is 13.9. The Bertz CT molecular complexity index is 177. The third kappa shape index (κ3) is 18.1. The molecule has 0 spiro atoms. The zero-order chi connectivity index (χ0) is 14.7. The van der Waals surface area contributed by atoms with Crippen molar-refractivity contribution in [2.24, 2.45) is 0 Å². The Morgan fingerprint density at radius 2 is 0.800 bits per heavy atom. The Labute approximate surface area is 134 Å². The largest absolute Gasteiger partial charge is 0.0837 e. The fraction of sp³-hybridized carbons (Fsp3) is 0.947. The molecule has 0 aromatic rings. The van der Waals surface area contributed by atoms with Gasteiger partial charge in [-0.05, 0) is 12.8 Å². The summed E-state index contributed by atoms with van der Waals surface area (Å²) in [5.74, 6) is 0. The van der Waals surface area contributed by atoms with Gasteiger partial charge in [-0.1, -0.05) is 115 Å². The van der Waals surface area contributed by atoms with Gasteiger partial charge in [0.2, 0.25) is 0 Å². The van der Waals surface area contributed by atoms with Crippen LogP contribution in [-0.4, -0.2) is 5.37 Å². The van der Waals surface area contributed by atoms with Gasteiger partial charge in [-0.2, -0.15) is 0 Å². The van der Waals surface area contributed by atoms with Gasteiger partial charge in [-0.3, -0.25) is 0 Å². The van der Waals surface area contributed by atoms with Gasteiger partial charge in [0.1, 0.15) is 0 Å². The van der Waals surface area contributed by atoms with Gasteiger partial charge in [0.05, 0.1) is 0 Å². The van der Waals surface area contributed by atoms with E-state index < -0.39 is 0 Å². The van der Waals surface area contributed by atoms with Gasteiger partial charge < -0.3 is 0 Å². The van der Waals surface area contributed by atoms with Crippen LogP contribution in [0.2, 0.25) is 0 Å². The minimum atomic E-state index is 1.01. The molecule has 0 aliphatic carbocycles. The summed E-state index contributed by atoms with van der Waals surface area (Å²) in [6.45, 7) is 2.29. The van der Waals surface area contributed by atoms with Crippen molar-refractivity contribution in [3.8, 4) is 0 Å². The molecule has 0 fully saturated rings. The van der Waals surface area contributed by atoms with Crippen molar-refractivity contribution in [3.63, 3.8) is 0 Å². The molecule has 0 aromatic carbocycles. The van der Waals surface area contributed by atoms with E-state index in [0.29, 0.717) is 0 Å². The molecule has 0 aromatic heterocycles. The molecule has 0 atom stereocenters. The number of hydrogen-bond donors (Lipinski definition) is 0. The molecule has 0 saturated heterocycles. The van der Waals surface area contributed by atoms with Crippen LogP contribution in [0.4, 0.5) is 0 Å². The van der Waals surface area contributed by atoms with Crippen molar-refractivity contribution < 1.29 is 0 Å². The van der Waals surface area contributed by atoms with Crippen LogP contribution in [-0.2, 0) is 0 Å². The first-order valence-electron chi connectivity index (χ1n) is 9.26. The average Bonchev–Trinajstić information content (AvgIpc) is 2.47. The molecule has 1 radical (unpaired) electrons. The summed E-state index contributed by atoms with van der Waals surface area (Å²) in [7, 11) is 0. The molecular weight excluding hydrogens is 260 g/mol. The van der Waals surface area contributed by atoms with Crippen molar-refractivity contribution in [1.82, 2.24) is 0 Å². The lowest BCUT2D eigenvalue weighted by molar-refractivity contribution is 0.530.